The Labute approximate surface area is 208 Å². The maximum Gasteiger partial charge on any atom is 0.262 e. The lowest BCUT2D eigenvalue weighted by molar-refractivity contribution is 0.466. The molecule has 0 nitrogen and oxygen atoms in total. The van der Waals surface area contributed by atoms with Crippen LogP contribution in [0, 0.1) is 0 Å². The van der Waals surface area contributed by atoms with Crippen LogP contribution in [0.3, 0.4) is 0 Å². The van der Waals surface area contributed by atoms with Crippen molar-refractivity contribution >= 4 is 138 Å². The molecule has 9 heteroatoms. The van der Waals surface area contributed by atoms with Gasteiger partial charge in [0.2, 0.25) is 2.10 Å². The molecule has 0 aromatic rings. The van der Waals surface area contributed by atoms with E-state index in [2.05, 4.69) is 131 Å². The second-order valence-electron chi connectivity index (χ2n) is 6.51. The third-order valence-corrected chi connectivity index (χ3v) is 183. The minimum atomic E-state index is -1.19. The Morgan fingerprint density at radius 3 is 1.14 bits per heavy atom. The summed E-state index contributed by atoms with van der Waals surface area (Å²) in [5, 5.41) is -1.19. The Morgan fingerprint density at radius 2 is 0.857 bits per heavy atom. The quantitative estimate of drug-likeness (QED) is 0.150. The molecule has 2 rings (SSSR count). The van der Waals surface area contributed by atoms with E-state index in [1.807, 2.05) is 0 Å². The summed E-state index contributed by atoms with van der Waals surface area (Å²) >= 11 is 18.1. The van der Waals surface area contributed by atoms with Crippen LogP contribution in [-0.2, 0) is 0 Å². The van der Waals surface area contributed by atoms with Gasteiger partial charge in [0, 0.05) is 0 Å². The largest absolute Gasteiger partial charge is 0.262 e. The van der Waals surface area contributed by atoms with Crippen molar-refractivity contribution in [2.45, 2.75) is 75.3 Å². The van der Waals surface area contributed by atoms with Gasteiger partial charge in [-0.25, -0.2) is 0 Å². The first-order valence-corrected chi connectivity index (χ1v) is 34.7. The summed E-state index contributed by atoms with van der Waals surface area (Å²) in [6, 6.07) is 0. The van der Waals surface area contributed by atoms with Gasteiger partial charge in [-0.05, 0) is 11.1 Å². The molecule has 0 heterocycles. The molecule has 0 aromatic heterocycles. The topological polar surface area (TPSA) is 0 Å². The van der Waals surface area contributed by atoms with E-state index in [4.69, 9.17) is 0 Å². The van der Waals surface area contributed by atoms with Gasteiger partial charge in [0.1, 0.15) is 5.09 Å². The first-order valence-electron chi connectivity index (χ1n) is 7.84. The molecule has 0 radical (unpaired) electrons. The molecule has 0 aromatic carbocycles. The minimum Gasteiger partial charge on any atom is -0.120 e. The second-order valence-corrected chi connectivity index (χ2v) is 101. The highest BCUT2D eigenvalue weighted by Gasteiger charge is 2.67. The highest BCUT2D eigenvalue weighted by atomic mass is 127. The van der Waals surface area contributed by atoms with Crippen LogP contribution < -0.4 is 0 Å². The lowest BCUT2D eigenvalue weighted by atomic mass is 9.99. The van der Waals surface area contributed by atoms with Crippen molar-refractivity contribution < 1.29 is 0 Å². The van der Waals surface area contributed by atoms with E-state index in [1.165, 1.54) is 38.5 Å². The molecule has 0 N–H and O–H groups in total. The first-order chi connectivity index (χ1) is 9.71. The average Bonchev–Trinajstić information content (AvgIpc) is 2.47. The van der Waals surface area contributed by atoms with Gasteiger partial charge in [-0.15, -0.1) is 65.4 Å². The molecular weight excluding hydrogens is 990 g/mol. The Balaban J connectivity index is 2.36. The zero-order chi connectivity index (χ0) is 15.7. The zero-order valence-electron chi connectivity index (χ0n) is 12.0. The van der Waals surface area contributed by atoms with E-state index in [0.29, 0.717) is 0 Å². The normalized spacial score (nSPS) is 24.3. The van der Waals surface area contributed by atoms with E-state index < -0.39 is 7.27 Å². The summed E-state index contributed by atoms with van der Waals surface area (Å²) in [5.41, 5.74) is 2.31. The van der Waals surface area contributed by atoms with Gasteiger partial charge >= 0.3 is 0 Å². The number of halogens is 6. The number of hydrogen-bond donors (Lipinski definition) is 0. The highest BCUT2D eigenvalue weighted by Crippen LogP contribution is 2.64. The lowest BCUT2D eigenvalue weighted by Crippen LogP contribution is -2.65. The van der Waals surface area contributed by atoms with Gasteiger partial charge in [0.05, 0.1) is 0 Å². The SMILES string of the molecule is I[Si](I)(I)[Si](I)(I)[Si](I)(C1CCCCC1)C1CCCCC1. The maximum absolute atomic E-state index is 3.19. The van der Waals surface area contributed by atoms with Crippen LogP contribution >= 0.6 is 131 Å². The van der Waals surface area contributed by atoms with Gasteiger partial charge in [-0.3, -0.25) is 0 Å². The van der Waals surface area contributed by atoms with Crippen molar-refractivity contribution in [1.82, 2.24) is 0 Å². The minimum absolute atomic E-state index is 1.11. The van der Waals surface area contributed by atoms with Crippen LogP contribution in [0.1, 0.15) is 64.2 Å². The predicted molar refractivity (Wildman–Crippen MR) is 155 cm³/mol. The molecule has 2 aliphatic rings. The number of rotatable bonds is 4. The van der Waals surface area contributed by atoms with Crippen molar-refractivity contribution in [3.05, 3.63) is 0 Å². The second kappa shape index (κ2) is 9.49. The van der Waals surface area contributed by atoms with Crippen LogP contribution in [0.5, 0.6) is 0 Å². The molecule has 0 atom stereocenters. The van der Waals surface area contributed by atoms with E-state index in [9.17, 15) is 0 Å². The fraction of sp³-hybridized carbons (Fsp3) is 1.00. The Bertz CT molecular complexity index is 329. The summed E-state index contributed by atoms with van der Waals surface area (Å²) in [6.07, 6.45) is 15.5. The lowest BCUT2D eigenvalue weighted by Gasteiger charge is -2.51. The third kappa shape index (κ3) is 5.10. The average molecular weight is 1010 g/mol. The van der Waals surface area contributed by atoms with Crippen molar-refractivity contribution in [1.29, 1.82) is 0 Å². The van der Waals surface area contributed by atoms with Crippen LogP contribution in [0.2, 0.25) is 11.1 Å². The van der Waals surface area contributed by atoms with Gasteiger partial charge in [0.25, 0.3) is 0.0813 Å². The predicted octanol–water partition coefficient (Wildman–Crippen LogP) is 8.75. The molecule has 0 spiro atoms. The van der Waals surface area contributed by atoms with Crippen LogP contribution in [0.25, 0.3) is 0 Å². The van der Waals surface area contributed by atoms with E-state index in [1.54, 1.807) is 25.7 Å². The molecule has 0 bridgehead atoms. The molecule has 2 saturated carbocycles. The molecule has 0 unspecified atom stereocenters. The Morgan fingerprint density at radius 1 is 0.524 bits per heavy atom. The standard InChI is InChI=1S/C12H22I6Si3/c13-19(11-7-3-1-4-8-11,12-9-5-2-6-10-12)21(17,18)20(14,15)16/h11-12H,1-10H2. The molecular formula is C12H22I6Si3. The molecule has 0 saturated heterocycles. The molecule has 124 valence electrons. The molecule has 0 aliphatic heterocycles. The van der Waals surface area contributed by atoms with E-state index >= 15 is 0 Å². The fourth-order valence-electron chi connectivity index (χ4n) is 4.11. The van der Waals surface area contributed by atoms with Crippen molar-refractivity contribution in [3.8, 4) is 0 Å². The molecule has 21 heavy (non-hydrogen) atoms. The molecule has 2 aliphatic carbocycles. The maximum atomic E-state index is 3.19. The summed E-state index contributed by atoms with van der Waals surface area (Å²) in [7, 11) is 0. The fourth-order valence-corrected chi connectivity index (χ4v) is 131. The highest BCUT2D eigenvalue weighted by molar-refractivity contribution is 14.4. The Kier molecular flexibility index (Phi) is 10.1. The van der Waals surface area contributed by atoms with Gasteiger partial charge in [-0.1, -0.05) is 130 Å². The van der Waals surface area contributed by atoms with Gasteiger partial charge in [-0.2, -0.15) is 0 Å². The van der Waals surface area contributed by atoms with Gasteiger partial charge in [0.15, 0.2) is 0 Å². The van der Waals surface area contributed by atoms with Crippen LogP contribution in [0.15, 0.2) is 0 Å². The monoisotopic (exact) mass is 1010 g/mol. The third-order valence-electron chi connectivity index (χ3n) is 5.24. The summed E-state index contributed by atoms with van der Waals surface area (Å²) in [5.74, 6) is 0. The van der Waals surface area contributed by atoms with Crippen LogP contribution in [-0.4, -0.2) is 7.27 Å². The van der Waals surface area contributed by atoms with Crippen molar-refractivity contribution in [3.63, 3.8) is 0 Å². The summed E-state index contributed by atoms with van der Waals surface area (Å²) in [6.45, 7) is 0. The van der Waals surface area contributed by atoms with E-state index in [-0.39, 0.29) is 0 Å². The van der Waals surface area contributed by atoms with Crippen LogP contribution in [0.4, 0.5) is 0 Å². The van der Waals surface area contributed by atoms with Crippen molar-refractivity contribution in [2.24, 2.45) is 0 Å². The Hall–Kier alpha value is 5.03. The first kappa shape index (κ1) is 22.3. The summed E-state index contributed by atoms with van der Waals surface area (Å²) < 4.78 is -2.28. The zero-order valence-corrected chi connectivity index (χ0v) is 27.9. The van der Waals surface area contributed by atoms with Gasteiger partial charge < -0.3 is 0 Å². The van der Waals surface area contributed by atoms with Crippen molar-refractivity contribution in [2.75, 3.05) is 0 Å². The molecule has 2 fully saturated rings. The molecule has 0 amide bonds. The van der Waals surface area contributed by atoms with E-state index in [0.717, 1.165) is 11.1 Å². The smallest absolute Gasteiger partial charge is 0.120 e. The number of hydrogen-bond acceptors (Lipinski definition) is 0. The summed E-state index contributed by atoms with van der Waals surface area (Å²) in [4.78, 5) is 0.